The molecule has 2 heterocycles. The molecule has 2 fully saturated rings. The van der Waals surface area contributed by atoms with Gasteiger partial charge in [-0.25, -0.2) is 0 Å². The van der Waals surface area contributed by atoms with Gasteiger partial charge in [0.25, 0.3) is 0 Å². The first-order valence-corrected chi connectivity index (χ1v) is 6.06. The van der Waals surface area contributed by atoms with Gasteiger partial charge in [0.1, 0.15) is 17.8 Å². The minimum absolute atomic E-state index is 0.0530. The average Bonchev–Trinajstić information content (AvgIpc) is 2.85. The lowest BCUT2D eigenvalue weighted by atomic mass is 10.0. The molecule has 2 aliphatic heterocycles. The van der Waals surface area contributed by atoms with Crippen molar-refractivity contribution < 1.29 is 14.7 Å². The van der Waals surface area contributed by atoms with Crippen molar-refractivity contribution in [1.29, 1.82) is 0 Å². The van der Waals surface area contributed by atoms with Crippen LogP contribution in [0.4, 0.5) is 0 Å². The molecule has 2 amide bonds. The van der Waals surface area contributed by atoms with Crippen molar-refractivity contribution in [3.63, 3.8) is 0 Å². The number of phenols is 1. The lowest BCUT2D eigenvalue weighted by Crippen LogP contribution is -2.56. The van der Waals surface area contributed by atoms with Gasteiger partial charge in [-0.15, -0.1) is 0 Å². The van der Waals surface area contributed by atoms with E-state index in [4.69, 9.17) is 0 Å². The summed E-state index contributed by atoms with van der Waals surface area (Å²) in [4.78, 5) is 25.9. The van der Waals surface area contributed by atoms with Crippen LogP contribution >= 0.6 is 0 Å². The Labute approximate surface area is 104 Å². The second-order valence-electron chi connectivity index (χ2n) is 4.72. The van der Waals surface area contributed by atoms with Gasteiger partial charge in [-0.1, -0.05) is 12.1 Å². The number of hydrogen-bond acceptors (Lipinski definition) is 3. The van der Waals surface area contributed by atoms with E-state index >= 15 is 0 Å². The largest absolute Gasteiger partial charge is 0.508 e. The van der Waals surface area contributed by atoms with Crippen LogP contribution in [0.15, 0.2) is 24.3 Å². The zero-order chi connectivity index (χ0) is 12.7. The molecular formula is C13H14N2O3. The van der Waals surface area contributed by atoms with E-state index in [1.807, 2.05) is 0 Å². The van der Waals surface area contributed by atoms with Crippen molar-refractivity contribution in [2.75, 3.05) is 6.54 Å². The summed E-state index contributed by atoms with van der Waals surface area (Å²) in [6.07, 6.45) is 1.63. The van der Waals surface area contributed by atoms with E-state index in [1.54, 1.807) is 17.0 Å². The molecule has 1 aromatic carbocycles. The molecule has 2 saturated heterocycles. The summed E-state index contributed by atoms with van der Waals surface area (Å²) in [6, 6.07) is 5.46. The van der Waals surface area contributed by atoms with Gasteiger partial charge in [-0.2, -0.15) is 0 Å². The lowest BCUT2D eigenvalue weighted by Gasteiger charge is -2.34. The Morgan fingerprint density at radius 3 is 2.67 bits per heavy atom. The van der Waals surface area contributed by atoms with Crippen molar-refractivity contribution in [3.8, 4) is 5.75 Å². The van der Waals surface area contributed by atoms with Crippen molar-refractivity contribution >= 4 is 11.8 Å². The highest BCUT2D eigenvalue weighted by Crippen LogP contribution is 2.28. The molecule has 0 saturated carbocycles. The number of piperazine rings is 1. The highest BCUT2D eigenvalue weighted by atomic mass is 16.3. The molecule has 0 bridgehead atoms. The molecule has 94 valence electrons. The van der Waals surface area contributed by atoms with Crippen molar-refractivity contribution in [1.82, 2.24) is 10.2 Å². The lowest BCUT2D eigenvalue weighted by molar-refractivity contribution is -0.147. The van der Waals surface area contributed by atoms with Crippen molar-refractivity contribution in [2.24, 2.45) is 0 Å². The van der Waals surface area contributed by atoms with Gasteiger partial charge in [0.2, 0.25) is 11.8 Å². The molecule has 0 spiro atoms. The van der Waals surface area contributed by atoms with E-state index in [9.17, 15) is 14.7 Å². The first kappa shape index (κ1) is 11.1. The number of carbonyl (C=O) groups is 2. The molecule has 18 heavy (non-hydrogen) atoms. The Morgan fingerprint density at radius 2 is 1.94 bits per heavy atom. The van der Waals surface area contributed by atoms with Gasteiger partial charge in [0.15, 0.2) is 0 Å². The predicted octanol–water partition coefficient (Wildman–Crippen LogP) is 0.554. The van der Waals surface area contributed by atoms with Gasteiger partial charge in [0, 0.05) is 6.54 Å². The quantitative estimate of drug-likeness (QED) is 0.760. The Hall–Kier alpha value is -2.04. The molecule has 0 aliphatic carbocycles. The molecule has 0 radical (unpaired) electrons. The normalized spacial score (nSPS) is 27.0. The number of hydrogen-bond donors (Lipinski definition) is 2. The van der Waals surface area contributed by atoms with Crippen LogP contribution in [0.3, 0.4) is 0 Å². The summed E-state index contributed by atoms with van der Waals surface area (Å²) in [6.45, 7) is 0.658. The van der Waals surface area contributed by atoms with Crippen LogP contribution in [0.1, 0.15) is 24.4 Å². The molecule has 2 atom stereocenters. The molecular weight excluding hydrogens is 232 g/mol. The van der Waals surface area contributed by atoms with E-state index in [2.05, 4.69) is 5.32 Å². The first-order chi connectivity index (χ1) is 8.66. The maximum absolute atomic E-state index is 12.3. The van der Waals surface area contributed by atoms with E-state index in [0.717, 1.165) is 12.8 Å². The number of phenolic OH excluding ortho intramolecular Hbond substituents is 1. The van der Waals surface area contributed by atoms with Crippen molar-refractivity contribution in [2.45, 2.75) is 24.9 Å². The number of aromatic hydroxyl groups is 1. The van der Waals surface area contributed by atoms with Crippen molar-refractivity contribution in [3.05, 3.63) is 29.8 Å². The standard InChI is InChI=1S/C13H14N2O3/c16-9-5-3-8(4-6-9)11-13(18)15-7-1-2-10(15)12(17)14-11/h3-6,10-11,16H,1-2,7H2,(H,14,17)/t10-,11-/m0/s1. The van der Waals surface area contributed by atoms with E-state index < -0.39 is 6.04 Å². The monoisotopic (exact) mass is 246 g/mol. The van der Waals surface area contributed by atoms with Gasteiger partial charge < -0.3 is 15.3 Å². The molecule has 1 aromatic rings. The summed E-state index contributed by atoms with van der Waals surface area (Å²) < 4.78 is 0. The number of nitrogens with zero attached hydrogens (tertiary/aromatic N) is 1. The highest BCUT2D eigenvalue weighted by Gasteiger charge is 2.43. The highest BCUT2D eigenvalue weighted by molar-refractivity contribution is 5.97. The molecule has 3 rings (SSSR count). The summed E-state index contributed by atoms with van der Waals surface area (Å²) in [5.41, 5.74) is 0.705. The Balaban J connectivity index is 1.91. The van der Waals surface area contributed by atoms with Crippen LogP contribution < -0.4 is 5.32 Å². The van der Waals surface area contributed by atoms with Crippen LogP contribution in [0.5, 0.6) is 5.75 Å². The second-order valence-corrected chi connectivity index (χ2v) is 4.72. The van der Waals surface area contributed by atoms with E-state index in [1.165, 1.54) is 12.1 Å². The molecule has 2 N–H and O–H groups in total. The van der Waals surface area contributed by atoms with Crippen LogP contribution in [-0.4, -0.2) is 34.4 Å². The SMILES string of the molecule is O=C1N[C@@H](c2ccc(O)cc2)C(=O)N2CCC[C@@H]12. The number of fused-ring (bicyclic) bond motifs is 1. The molecule has 0 aromatic heterocycles. The number of nitrogens with one attached hydrogen (secondary N) is 1. The fourth-order valence-corrected chi connectivity index (χ4v) is 2.66. The van der Waals surface area contributed by atoms with Gasteiger partial charge in [-0.05, 0) is 30.5 Å². The van der Waals surface area contributed by atoms with Crippen LogP contribution in [-0.2, 0) is 9.59 Å². The fraction of sp³-hybridized carbons (Fsp3) is 0.385. The Morgan fingerprint density at radius 1 is 1.22 bits per heavy atom. The van der Waals surface area contributed by atoms with Gasteiger partial charge in [-0.3, -0.25) is 9.59 Å². The Bertz CT molecular complexity index is 497. The summed E-state index contributed by atoms with van der Waals surface area (Å²) >= 11 is 0. The fourth-order valence-electron chi connectivity index (χ4n) is 2.66. The number of rotatable bonds is 1. The molecule has 5 nitrogen and oxygen atoms in total. The summed E-state index contributed by atoms with van der Waals surface area (Å²) in [5.74, 6) is 0.0142. The Kier molecular flexibility index (Phi) is 2.47. The minimum Gasteiger partial charge on any atom is -0.508 e. The van der Waals surface area contributed by atoms with Crippen LogP contribution in [0.2, 0.25) is 0 Å². The predicted molar refractivity (Wildman–Crippen MR) is 63.7 cm³/mol. The number of carbonyl (C=O) groups excluding carboxylic acids is 2. The maximum atomic E-state index is 12.3. The zero-order valence-corrected chi connectivity index (χ0v) is 9.80. The maximum Gasteiger partial charge on any atom is 0.250 e. The third-order valence-electron chi connectivity index (χ3n) is 3.60. The van der Waals surface area contributed by atoms with Gasteiger partial charge >= 0.3 is 0 Å². The minimum atomic E-state index is -0.618. The molecule has 2 aliphatic rings. The third kappa shape index (κ3) is 1.63. The topological polar surface area (TPSA) is 69.6 Å². The summed E-state index contributed by atoms with van der Waals surface area (Å²) in [7, 11) is 0. The molecule has 0 unspecified atom stereocenters. The molecule has 5 heteroatoms. The first-order valence-electron chi connectivity index (χ1n) is 6.06. The average molecular weight is 246 g/mol. The van der Waals surface area contributed by atoms with E-state index in [-0.39, 0.29) is 23.6 Å². The smallest absolute Gasteiger partial charge is 0.250 e. The van der Waals surface area contributed by atoms with Crippen LogP contribution in [0.25, 0.3) is 0 Å². The number of amides is 2. The summed E-state index contributed by atoms with van der Waals surface area (Å²) in [5, 5.41) is 12.0. The van der Waals surface area contributed by atoms with E-state index in [0.29, 0.717) is 12.1 Å². The second kappa shape index (κ2) is 4.01. The zero-order valence-electron chi connectivity index (χ0n) is 9.80. The number of benzene rings is 1. The third-order valence-corrected chi connectivity index (χ3v) is 3.60. The van der Waals surface area contributed by atoms with Gasteiger partial charge in [0.05, 0.1) is 0 Å². The van der Waals surface area contributed by atoms with Crippen LogP contribution in [0, 0.1) is 0 Å².